The number of carbonyl (C=O) groups is 1. The minimum Gasteiger partial charge on any atom is -0.272 e. The molecule has 0 radical (unpaired) electrons. The Balaban J connectivity index is 1.53. The number of hydrazone groups is 1. The Hall–Kier alpha value is -3.23. The molecule has 31 heavy (non-hydrogen) atoms. The van der Waals surface area contributed by atoms with E-state index in [4.69, 9.17) is 0 Å². The molecule has 4 rings (SSSR count). The van der Waals surface area contributed by atoms with Crippen molar-refractivity contribution < 1.29 is 4.79 Å². The van der Waals surface area contributed by atoms with Crippen molar-refractivity contribution in [3.05, 3.63) is 82.6 Å². The van der Waals surface area contributed by atoms with Crippen LogP contribution in [0.4, 0.5) is 0 Å². The van der Waals surface area contributed by atoms with Gasteiger partial charge in [0.15, 0.2) is 11.0 Å². The zero-order valence-corrected chi connectivity index (χ0v) is 18.8. The van der Waals surface area contributed by atoms with Crippen LogP contribution in [-0.2, 0) is 4.79 Å². The van der Waals surface area contributed by atoms with E-state index in [0.717, 1.165) is 27.7 Å². The summed E-state index contributed by atoms with van der Waals surface area (Å²) in [6, 6.07) is 22.0. The van der Waals surface area contributed by atoms with Gasteiger partial charge in [0.2, 0.25) is 0 Å². The summed E-state index contributed by atoms with van der Waals surface area (Å²) in [6.45, 7) is 3.92. The third kappa shape index (κ3) is 5.10. The third-order valence-electron chi connectivity index (χ3n) is 4.52. The van der Waals surface area contributed by atoms with Gasteiger partial charge in [-0.2, -0.15) is 5.10 Å². The number of nitrogens with zero attached hydrogens (tertiary/aromatic N) is 4. The second-order valence-corrected chi connectivity index (χ2v) is 8.73. The monoisotopic (exact) mass is 447 g/mol. The van der Waals surface area contributed by atoms with E-state index in [1.54, 1.807) is 11.3 Å². The van der Waals surface area contributed by atoms with Crippen molar-refractivity contribution in [2.24, 2.45) is 5.10 Å². The van der Waals surface area contributed by atoms with Crippen molar-refractivity contribution in [2.75, 3.05) is 5.75 Å². The minimum atomic E-state index is -0.194. The maximum absolute atomic E-state index is 12.4. The van der Waals surface area contributed by atoms with Crippen LogP contribution < -0.4 is 5.43 Å². The number of benzene rings is 2. The number of hydrogen-bond acceptors (Lipinski definition) is 6. The summed E-state index contributed by atoms with van der Waals surface area (Å²) in [7, 11) is 0. The van der Waals surface area contributed by atoms with Crippen molar-refractivity contribution in [1.82, 2.24) is 20.2 Å². The Bertz CT molecular complexity index is 1180. The van der Waals surface area contributed by atoms with E-state index in [9.17, 15) is 4.79 Å². The van der Waals surface area contributed by atoms with Gasteiger partial charge in [-0.1, -0.05) is 65.9 Å². The molecule has 156 valence electrons. The number of thiophene rings is 1. The Morgan fingerprint density at radius 1 is 1.06 bits per heavy atom. The molecule has 0 aliphatic rings. The molecule has 6 nitrogen and oxygen atoms in total. The maximum atomic E-state index is 12.4. The second kappa shape index (κ2) is 9.72. The first kappa shape index (κ1) is 21.0. The van der Waals surface area contributed by atoms with Gasteiger partial charge in [-0.15, -0.1) is 21.5 Å². The number of thioether (sulfide) groups is 1. The molecule has 0 fully saturated rings. The first-order valence-corrected chi connectivity index (χ1v) is 11.6. The first-order valence-electron chi connectivity index (χ1n) is 9.69. The van der Waals surface area contributed by atoms with Crippen molar-refractivity contribution in [3.63, 3.8) is 0 Å². The highest BCUT2D eigenvalue weighted by Gasteiger charge is 2.17. The molecule has 0 spiro atoms. The number of amides is 1. The van der Waals surface area contributed by atoms with Gasteiger partial charge >= 0.3 is 0 Å². The average molecular weight is 448 g/mol. The molecule has 0 aliphatic heterocycles. The molecule has 2 aromatic carbocycles. The lowest BCUT2D eigenvalue weighted by molar-refractivity contribution is -0.118. The normalized spacial score (nSPS) is 11.5. The molecular weight excluding hydrogens is 426 g/mol. The molecule has 0 bridgehead atoms. The Morgan fingerprint density at radius 2 is 1.84 bits per heavy atom. The van der Waals surface area contributed by atoms with E-state index in [0.29, 0.717) is 5.16 Å². The van der Waals surface area contributed by atoms with Crippen molar-refractivity contribution in [3.8, 4) is 17.1 Å². The Labute approximate surface area is 189 Å². The zero-order valence-electron chi connectivity index (χ0n) is 17.1. The van der Waals surface area contributed by atoms with Crippen LogP contribution in [0.1, 0.15) is 17.4 Å². The number of aromatic nitrogens is 3. The van der Waals surface area contributed by atoms with Crippen LogP contribution in [0.3, 0.4) is 0 Å². The molecule has 0 unspecified atom stereocenters. The summed E-state index contributed by atoms with van der Waals surface area (Å²) >= 11 is 2.91. The molecule has 0 saturated carbocycles. The molecule has 1 amide bonds. The molecule has 1 N–H and O–H groups in total. The second-order valence-electron chi connectivity index (χ2n) is 6.84. The van der Waals surface area contributed by atoms with Crippen LogP contribution in [0.15, 0.2) is 82.4 Å². The Kier molecular flexibility index (Phi) is 6.59. The predicted octanol–water partition coefficient (Wildman–Crippen LogP) is 4.94. The van der Waals surface area contributed by atoms with E-state index in [1.165, 1.54) is 17.3 Å². The van der Waals surface area contributed by atoms with Crippen molar-refractivity contribution in [1.29, 1.82) is 0 Å². The topological polar surface area (TPSA) is 72.2 Å². The maximum Gasteiger partial charge on any atom is 0.250 e. The summed E-state index contributed by atoms with van der Waals surface area (Å²) in [5.41, 5.74) is 6.49. The van der Waals surface area contributed by atoms with Crippen LogP contribution in [0, 0.1) is 6.92 Å². The van der Waals surface area contributed by atoms with Crippen LogP contribution in [-0.4, -0.2) is 32.1 Å². The third-order valence-corrected chi connectivity index (χ3v) is 6.42. The Morgan fingerprint density at radius 3 is 2.55 bits per heavy atom. The van der Waals surface area contributed by atoms with Gasteiger partial charge in [0.1, 0.15) is 0 Å². The summed E-state index contributed by atoms with van der Waals surface area (Å²) in [5, 5.41) is 15.6. The molecular formula is C23H21N5OS2. The number of para-hydroxylation sites is 1. The van der Waals surface area contributed by atoms with E-state index in [1.807, 2.05) is 90.5 Å². The highest BCUT2D eigenvalue weighted by atomic mass is 32.2. The van der Waals surface area contributed by atoms with Crippen LogP contribution in [0.5, 0.6) is 0 Å². The lowest BCUT2D eigenvalue weighted by atomic mass is 10.1. The van der Waals surface area contributed by atoms with Crippen LogP contribution in [0.2, 0.25) is 0 Å². The van der Waals surface area contributed by atoms with E-state index < -0.39 is 0 Å². The summed E-state index contributed by atoms with van der Waals surface area (Å²) < 4.78 is 1.97. The van der Waals surface area contributed by atoms with Crippen molar-refractivity contribution in [2.45, 2.75) is 19.0 Å². The summed E-state index contributed by atoms with van der Waals surface area (Å²) in [5.74, 6) is 0.723. The first-order chi connectivity index (χ1) is 15.1. The molecule has 0 aliphatic carbocycles. The van der Waals surface area contributed by atoms with E-state index >= 15 is 0 Å². The lowest BCUT2D eigenvalue weighted by Crippen LogP contribution is -2.21. The fourth-order valence-corrected chi connectivity index (χ4v) is 4.33. The van der Waals surface area contributed by atoms with Crippen LogP contribution in [0.25, 0.3) is 17.1 Å². The number of hydrogen-bond donors (Lipinski definition) is 1. The quantitative estimate of drug-likeness (QED) is 0.248. The fraction of sp³-hybridized carbons (Fsp3) is 0.130. The van der Waals surface area contributed by atoms with Gasteiger partial charge in [0.05, 0.1) is 11.5 Å². The number of nitrogens with one attached hydrogen (secondary N) is 1. The number of aryl methyl sites for hydroxylation is 1. The minimum absolute atomic E-state index is 0.181. The SMILES string of the molecule is CC(=NNC(=O)CSc1nnc(-c2ccc(C)cc2)n1-c1ccccc1)c1cccs1. The van der Waals surface area contributed by atoms with Gasteiger partial charge in [-0.3, -0.25) is 9.36 Å². The van der Waals surface area contributed by atoms with Gasteiger partial charge in [-0.25, -0.2) is 5.43 Å². The van der Waals surface area contributed by atoms with E-state index in [-0.39, 0.29) is 11.7 Å². The summed E-state index contributed by atoms with van der Waals surface area (Å²) in [4.78, 5) is 13.4. The van der Waals surface area contributed by atoms with Gasteiger partial charge < -0.3 is 0 Å². The largest absolute Gasteiger partial charge is 0.272 e. The highest BCUT2D eigenvalue weighted by Crippen LogP contribution is 2.28. The fourth-order valence-electron chi connectivity index (χ4n) is 2.91. The molecule has 2 heterocycles. The average Bonchev–Trinajstić information content (AvgIpc) is 3.47. The standard InChI is InChI=1S/C23H21N5OS2/c1-16-10-12-18(13-11-16)22-26-27-23(28(22)19-7-4-3-5-8-19)31-15-21(29)25-24-17(2)20-9-6-14-30-20/h3-14H,15H2,1-2H3,(H,25,29). The predicted molar refractivity (Wildman–Crippen MR) is 127 cm³/mol. The van der Waals surface area contributed by atoms with Crippen LogP contribution >= 0.6 is 23.1 Å². The number of carbonyl (C=O) groups excluding carboxylic acids is 1. The van der Waals surface area contributed by atoms with Gasteiger partial charge in [0.25, 0.3) is 5.91 Å². The smallest absolute Gasteiger partial charge is 0.250 e. The molecule has 0 atom stereocenters. The molecule has 0 saturated heterocycles. The molecule has 4 aromatic rings. The van der Waals surface area contributed by atoms with E-state index in [2.05, 4.69) is 20.7 Å². The lowest BCUT2D eigenvalue weighted by Gasteiger charge is -2.10. The van der Waals surface area contributed by atoms with Gasteiger partial charge in [-0.05, 0) is 37.4 Å². The zero-order chi connectivity index (χ0) is 21.6. The number of rotatable bonds is 7. The highest BCUT2D eigenvalue weighted by molar-refractivity contribution is 7.99. The molecule has 2 aromatic heterocycles. The molecule has 8 heteroatoms. The summed E-state index contributed by atoms with van der Waals surface area (Å²) in [6.07, 6.45) is 0. The van der Waals surface area contributed by atoms with Crippen molar-refractivity contribution >= 4 is 34.7 Å². The van der Waals surface area contributed by atoms with Gasteiger partial charge in [0, 0.05) is 16.1 Å².